The van der Waals surface area contributed by atoms with Crippen LogP contribution in [0.5, 0.6) is 0 Å². The quantitative estimate of drug-likeness (QED) is 0.631. The van der Waals surface area contributed by atoms with Crippen molar-refractivity contribution in [2.45, 2.75) is 83.0 Å². The molecule has 8 unspecified atom stereocenters. The largest absolute Gasteiger partial charge is 0.396 e. The molecule has 172 valence electrons. The van der Waals surface area contributed by atoms with Crippen LogP contribution in [-0.2, 0) is 9.53 Å². The van der Waals surface area contributed by atoms with Gasteiger partial charge in [0.1, 0.15) is 0 Å². The van der Waals surface area contributed by atoms with Crippen LogP contribution in [0.25, 0.3) is 0 Å². The fourth-order valence-corrected chi connectivity index (χ4v) is 6.74. The van der Waals surface area contributed by atoms with Gasteiger partial charge < -0.3 is 25.0 Å². The van der Waals surface area contributed by atoms with Crippen molar-refractivity contribution < 1.29 is 24.9 Å². The Morgan fingerprint density at radius 1 is 1.00 bits per heavy atom. The highest BCUT2D eigenvalue weighted by atomic mass is 16.5. The molecule has 1 heterocycles. The van der Waals surface area contributed by atoms with Gasteiger partial charge >= 0.3 is 0 Å². The smallest absolute Gasteiger partial charge is 0.230 e. The van der Waals surface area contributed by atoms with Crippen molar-refractivity contribution in [1.82, 2.24) is 4.90 Å². The number of amides is 1. The van der Waals surface area contributed by atoms with Gasteiger partial charge in [0.15, 0.2) is 0 Å². The molecular formula is C24H41NO5. The lowest BCUT2D eigenvalue weighted by Gasteiger charge is -2.43. The van der Waals surface area contributed by atoms with Crippen molar-refractivity contribution in [2.24, 2.45) is 35.5 Å². The number of hydrogen-bond acceptors (Lipinski definition) is 5. The van der Waals surface area contributed by atoms with Gasteiger partial charge in [-0.15, -0.1) is 0 Å². The van der Waals surface area contributed by atoms with Crippen LogP contribution in [0.3, 0.4) is 0 Å². The first-order valence-electron chi connectivity index (χ1n) is 12.4. The van der Waals surface area contributed by atoms with Crippen molar-refractivity contribution in [3.63, 3.8) is 0 Å². The van der Waals surface area contributed by atoms with Gasteiger partial charge in [-0.05, 0) is 49.4 Å². The van der Waals surface area contributed by atoms with Crippen LogP contribution in [0, 0.1) is 35.5 Å². The summed E-state index contributed by atoms with van der Waals surface area (Å²) in [4.78, 5) is 15.5. The maximum atomic E-state index is 13.6. The van der Waals surface area contributed by atoms with E-state index in [4.69, 9.17) is 4.74 Å². The standard InChI is InChI=1S/C24H41NO5/c1-15-20(27)10-21(28)22(23(15)30-14-16-6-3-2-4-7-16)24(29)25-11-17-8-5-9-18(13-26)19(17)12-25/h15-23,26-28H,2-14H2,1H3. The molecule has 30 heavy (non-hydrogen) atoms. The predicted molar refractivity (Wildman–Crippen MR) is 114 cm³/mol. The highest BCUT2D eigenvalue weighted by Gasteiger charge is 2.50. The topological polar surface area (TPSA) is 90.2 Å². The third-order valence-electron chi connectivity index (χ3n) is 8.70. The molecule has 0 aromatic carbocycles. The predicted octanol–water partition coefficient (Wildman–Crippen LogP) is 2.20. The molecule has 3 aliphatic carbocycles. The molecule has 1 amide bonds. The highest BCUT2D eigenvalue weighted by molar-refractivity contribution is 5.80. The fourth-order valence-electron chi connectivity index (χ4n) is 6.74. The number of carbonyl (C=O) groups excluding carboxylic acids is 1. The lowest BCUT2D eigenvalue weighted by molar-refractivity contribution is -0.169. The number of fused-ring (bicyclic) bond motifs is 1. The van der Waals surface area contributed by atoms with Gasteiger partial charge in [0.2, 0.25) is 5.91 Å². The Morgan fingerprint density at radius 3 is 2.50 bits per heavy atom. The molecule has 6 nitrogen and oxygen atoms in total. The number of carbonyl (C=O) groups is 1. The van der Waals surface area contributed by atoms with E-state index in [0.717, 1.165) is 25.8 Å². The van der Waals surface area contributed by atoms with Gasteiger partial charge in [-0.1, -0.05) is 32.6 Å². The Morgan fingerprint density at radius 2 is 1.77 bits per heavy atom. The van der Waals surface area contributed by atoms with Crippen LogP contribution in [0.15, 0.2) is 0 Å². The van der Waals surface area contributed by atoms with Gasteiger partial charge in [0.25, 0.3) is 0 Å². The minimum atomic E-state index is -0.865. The van der Waals surface area contributed by atoms with Crippen LogP contribution in [-0.4, -0.2) is 70.7 Å². The van der Waals surface area contributed by atoms with Crippen LogP contribution >= 0.6 is 0 Å². The molecular weight excluding hydrogens is 382 g/mol. The van der Waals surface area contributed by atoms with Crippen molar-refractivity contribution >= 4 is 5.91 Å². The minimum absolute atomic E-state index is 0.0130. The highest BCUT2D eigenvalue weighted by Crippen LogP contribution is 2.42. The Bertz CT molecular complexity index is 580. The van der Waals surface area contributed by atoms with Crippen LogP contribution in [0.2, 0.25) is 0 Å². The van der Waals surface area contributed by atoms with Gasteiger partial charge in [0.05, 0.1) is 24.2 Å². The van der Waals surface area contributed by atoms with Crippen LogP contribution in [0.4, 0.5) is 0 Å². The summed E-state index contributed by atoms with van der Waals surface area (Å²) >= 11 is 0. The maximum Gasteiger partial charge on any atom is 0.230 e. The number of nitrogens with zero attached hydrogens (tertiary/aromatic N) is 1. The molecule has 1 aliphatic heterocycles. The SMILES string of the molecule is CC1C(O)CC(O)C(C(=O)N2CC3CCCC(CO)C3C2)C1OCC1CCCCC1. The first-order valence-corrected chi connectivity index (χ1v) is 12.4. The third kappa shape index (κ3) is 4.57. The minimum Gasteiger partial charge on any atom is -0.396 e. The van der Waals surface area contributed by atoms with E-state index < -0.39 is 24.2 Å². The fraction of sp³-hybridized carbons (Fsp3) is 0.958. The second kappa shape index (κ2) is 9.85. The molecule has 6 heteroatoms. The molecule has 0 aromatic heterocycles. The molecule has 4 rings (SSSR count). The summed E-state index contributed by atoms with van der Waals surface area (Å²) in [6, 6.07) is 0. The normalized spacial score (nSPS) is 42.9. The molecule has 4 fully saturated rings. The van der Waals surface area contributed by atoms with Crippen LogP contribution in [0.1, 0.15) is 64.7 Å². The number of rotatable bonds is 5. The summed E-state index contributed by atoms with van der Waals surface area (Å²) in [6.07, 6.45) is 7.70. The van der Waals surface area contributed by atoms with E-state index in [1.807, 2.05) is 11.8 Å². The number of likely N-dealkylation sites (tertiary alicyclic amines) is 1. The Kier molecular flexibility index (Phi) is 7.38. The molecule has 0 spiro atoms. The van der Waals surface area contributed by atoms with E-state index in [0.29, 0.717) is 30.9 Å². The zero-order valence-electron chi connectivity index (χ0n) is 18.5. The molecule has 8 atom stereocenters. The lowest BCUT2D eigenvalue weighted by atomic mass is 9.74. The molecule has 0 aromatic rings. The number of ether oxygens (including phenoxy) is 1. The molecule has 3 N–H and O–H groups in total. The number of hydrogen-bond donors (Lipinski definition) is 3. The van der Waals surface area contributed by atoms with Gasteiger partial charge in [-0.25, -0.2) is 0 Å². The third-order valence-corrected chi connectivity index (χ3v) is 8.70. The Balaban J connectivity index is 1.45. The summed E-state index contributed by atoms with van der Waals surface area (Å²) in [5.74, 6) is 0.875. The van der Waals surface area contributed by atoms with E-state index in [2.05, 4.69) is 0 Å². The van der Waals surface area contributed by atoms with Gasteiger partial charge in [-0.3, -0.25) is 4.79 Å². The average Bonchev–Trinajstić information content (AvgIpc) is 3.20. The van der Waals surface area contributed by atoms with Crippen molar-refractivity contribution in [3.8, 4) is 0 Å². The van der Waals surface area contributed by atoms with E-state index in [1.165, 1.54) is 32.1 Å². The maximum absolute atomic E-state index is 13.6. The van der Waals surface area contributed by atoms with E-state index >= 15 is 0 Å². The van der Waals surface area contributed by atoms with Crippen LogP contribution < -0.4 is 0 Å². The van der Waals surface area contributed by atoms with Gasteiger partial charge in [-0.2, -0.15) is 0 Å². The van der Waals surface area contributed by atoms with E-state index in [-0.39, 0.29) is 30.8 Å². The van der Waals surface area contributed by atoms with E-state index in [9.17, 15) is 20.1 Å². The second-order valence-electron chi connectivity index (χ2n) is 10.6. The molecule has 1 saturated heterocycles. The summed E-state index contributed by atoms with van der Waals surface area (Å²) in [6.45, 7) is 4.19. The summed E-state index contributed by atoms with van der Waals surface area (Å²) in [5, 5.41) is 31.0. The second-order valence-corrected chi connectivity index (χ2v) is 10.6. The Hall–Kier alpha value is -0.690. The summed E-state index contributed by atoms with van der Waals surface area (Å²) < 4.78 is 6.32. The van der Waals surface area contributed by atoms with Crippen molar-refractivity contribution in [3.05, 3.63) is 0 Å². The number of aliphatic hydroxyl groups excluding tert-OH is 3. The summed E-state index contributed by atoms with van der Waals surface area (Å²) in [5.41, 5.74) is 0. The number of aliphatic hydroxyl groups is 3. The van der Waals surface area contributed by atoms with Crippen molar-refractivity contribution in [2.75, 3.05) is 26.3 Å². The molecule has 0 bridgehead atoms. The zero-order valence-corrected chi connectivity index (χ0v) is 18.5. The zero-order chi connectivity index (χ0) is 21.3. The Labute approximate surface area is 181 Å². The van der Waals surface area contributed by atoms with E-state index in [1.54, 1.807) is 0 Å². The van der Waals surface area contributed by atoms with Gasteiger partial charge in [0, 0.05) is 38.6 Å². The molecule has 0 radical (unpaired) electrons. The first kappa shape index (κ1) is 22.5. The summed E-state index contributed by atoms with van der Waals surface area (Å²) in [7, 11) is 0. The lowest BCUT2D eigenvalue weighted by Crippen LogP contribution is -2.56. The van der Waals surface area contributed by atoms with Crippen molar-refractivity contribution in [1.29, 1.82) is 0 Å². The first-order chi connectivity index (χ1) is 14.5. The average molecular weight is 424 g/mol. The monoisotopic (exact) mass is 423 g/mol. The molecule has 4 aliphatic rings. The molecule has 3 saturated carbocycles.